The predicted octanol–water partition coefficient (Wildman–Crippen LogP) is 1.95. The van der Waals surface area contributed by atoms with Crippen molar-refractivity contribution >= 4 is 17.6 Å². The highest BCUT2D eigenvalue weighted by atomic mass is 35.5. The molecule has 1 saturated heterocycles. The van der Waals surface area contributed by atoms with E-state index in [2.05, 4.69) is 0 Å². The average Bonchev–Trinajstić information content (AvgIpc) is 2.98. The van der Waals surface area contributed by atoms with Crippen molar-refractivity contribution in [3.05, 3.63) is 41.4 Å². The van der Waals surface area contributed by atoms with E-state index >= 15 is 0 Å². The first-order valence-corrected chi connectivity index (χ1v) is 8.03. The van der Waals surface area contributed by atoms with E-state index in [0.29, 0.717) is 23.6 Å². The molecule has 124 valence electrons. The van der Waals surface area contributed by atoms with Crippen molar-refractivity contribution in [2.75, 3.05) is 6.61 Å². The van der Waals surface area contributed by atoms with Crippen LogP contribution in [0.25, 0.3) is 0 Å². The number of aliphatic hydroxyl groups excluding tert-OH is 2. The smallest absolute Gasteiger partial charge is 0.306 e. The lowest BCUT2D eigenvalue weighted by atomic mass is 9.91. The van der Waals surface area contributed by atoms with Crippen molar-refractivity contribution in [3.63, 3.8) is 0 Å². The van der Waals surface area contributed by atoms with Gasteiger partial charge in [0.1, 0.15) is 24.6 Å². The molecular weight excluding hydrogens is 320 g/mol. The number of benzene rings is 1. The molecule has 2 fully saturated rings. The van der Waals surface area contributed by atoms with Gasteiger partial charge < -0.3 is 19.7 Å². The summed E-state index contributed by atoms with van der Waals surface area (Å²) in [6.45, 7) is 0.0865. The minimum atomic E-state index is -0.807. The Bertz CT molecular complexity index is 602. The van der Waals surface area contributed by atoms with Crippen LogP contribution < -0.4 is 4.74 Å². The van der Waals surface area contributed by atoms with Gasteiger partial charge in [0.25, 0.3) is 0 Å². The molecule has 1 saturated carbocycles. The van der Waals surface area contributed by atoms with Crippen LogP contribution in [-0.4, -0.2) is 41.1 Å². The molecule has 3 rings (SSSR count). The van der Waals surface area contributed by atoms with Crippen molar-refractivity contribution < 1.29 is 24.5 Å². The molecule has 2 unspecified atom stereocenters. The molecule has 0 spiro atoms. The van der Waals surface area contributed by atoms with Crippen LogP contribution >= 0.6 is 11.6 Å². The van der Waals surface area contributed by atoms with Crippen LogP contribution in [0.4, 0.5) is 0 Å². The van der Waals surface area contributed by atoms with E-state index in [1.54, 1.807) is 36.4 Å². The number of halogens is 1. The lowest BCUT2D eigenvalue weighted by Crippen LogP contribution is -2.20. The Balaban J connectivity index is 1.53. The number of ether oxygens (including phenoxy) is 2. The molecule has 2 N–H and O–H groups in total. The van der Waals surface area contributed by atoms with Gasteiger partial charge in [0, 0.05) is 23.3 Å². The second kappa shape index (κ2) is 6.91. The van der Waals surface area contributed by atoms with Crippen LogP contribution in [0.2, 0.25) is 5.02 Å². The zero-order valence-electron chi connectivity index (χ0n) is 12.5. The Hall–Kier alpha value is -1.56. The van der Waals surface area contributed by atoms with Gasteiger partial charge in [-0.1, -0.05) is 29.8 Å². The zero-order valence-corrected chi connectivity index (χ0v) is 13.2. The number of esters is 1. The number of rotatable bonds is 5. The molecule has 5 nitrogen and oxygen atoms in total. The molecule has 1 aliphatic carbocycles. The van der Waals surface area contributed by atoms with Crippen molar-refractivity contribution in [2.24, 2.45) is 11.8 Å². The van der Waals surface area contributed by atoms with Gasteiger partial charge in [-0.05, 0) is 18.2 Å². The first-order valence-electron chi connectivity index (χ1n) is 7.65. The minimum Gasteiger partial charge on any atom is -0.491 e. The number of fused-ring (bicyclic) bond motifs is 1. The van der Waals surface area contributed by atoms with E-state index in [0.717, 1.165) is 0 Å². The predicted molar refractivity (Wildman–Crippen MR) is 84.2 cm³/mol. The summed E-state index contributed by atoms with van der Waals surface area (Å²) in [5, 5.41) is 20.6. The van der Waals surface area contributed by atoms with Crippen molar-refractivity contribution in [2.45, 2.75) is 31.2 Å². The summed E-state index contributed by atoms with van der Waals surface area (Å²) in [5.41, 5.74) is 0. The van der Waals surface area contributed by atoms with Gasteiger partial charge in [0.2, 0.25) is 0 Å². The fourth-order valence-electron chi connectivity index (χ4n) is 3.24. The number of hydrogen-bond donors (Lipinski definition) is 2. The molecule has 1 aliphatic heterocycles. The van der Waals surface area contributed by atoms with Gasteiger partial charge in [0.15, 0.2) is 0 Å². The SMILES string of the molecule is O=C1C[C@H]2C(C[C@@H](O)[C@@H]2/C=C/C(O)COc2cccc(Cl)c2)O1. The standard InChI is InChI=1S/C17H19ClO5/c18-10-2-1-3-12(6-10)22-9-11(19)4-5-13-14-7-17(21)23-16(14)8-15(13)20/h1-6,11,13-16,19-20H,7-9H2/b5-4+/t11?,13-,14-,15-,16?/m1/s1. The van der Waals surface area contributed by atoms with Crippen molar-refractivity contribution in [1.29, 1.82) is 0 Å². The summed E-state index contributed by atoms with van der Waals surface area (Å²) < 4.78 is 10.6. The summed E-state index contributed by atoms with van der Waals surface area (Å²) in [6.07, 6.45) is 2.60. The topological polar surface area (TPSA) is 76.0 Å². The minimum absolute atomic E-state index is 0.00482. The number of carbonyl (C=O) groups is 1. The maximum atomic E-state index is 11.3. The second-order valence-corrected chi connectivity index (χ2v) is 6.43. The number of aliphatic hydroxyl groups is 2. The summed E-state index contributed by atoms with van der Waals surface area (Å²) in [5.74, 6) is 0.193. The highest BCUT2D eigenvalue weighted by Gasteiger charge is 2.48. The molecule has 2 aliphatic rings. The van der Waals surface area contributed by atoms with Gasteiger partial charge in [0.05, 0.1) is 12.5 Å². The summed E-state index contributed by atoms with van der Waals surface area (Å²) in [7, 11) is 0. The first-order chi connectivity index (χ1) is 11.0. The second-order valence-electron chi connectivity index (χ2n) is 6.00. The van der Waals surface area contributed by atoms with Crippen LogP contribution in [0.3, 0.4) is 0 Å². The quantitative estimate of drug-likeness (QED) is 0.634. The van der Waals surface area contributed by atoms with E-state index in [-0.39, 0.29) is 30.5 Å². The molecule has 23 heavy (non-hydrogen) atoms. The van der Waals surface area contributed by atoms with E-state index in [1.807, 2.05) is 0 Å². The maximum absolute atomic E-state index is 11.3. The molecule has 0 aromatic heterocycles. The molecule has 6 heteroatoms. The normalized spacial score (nSPS) is 31.2. The van der Waals surface area contributed by atoms with Gasteiger partial charge in [-0.2, -0.15) is 0 Å². The van der Waals surface area contributed by atoms with Crippen LogP contribution in [0.15, 0.2) is 36.4 Å². The van der Waals surface area contributed by atoms with Crippen LogP contribution in [0.1, 0.15) is 12.8 Å². The van der Waals surface area contributed by atoms with Crippen LogP contribution in [-0.2, 0) is 9.53 Å². The van der Waals surface area contributed by atoms with Gasteiger partial charge in [-0.15, -0.1) is 0 Å². The van der Waals surface area contributed by atoms with Crippen molar-refractivity contribution in [1.82, 2.24) is 0 Å². The van der Waals surface area contributed by atoms with E-state index in [9.17, 15) is 15.0 Å². The highest BCUT2D eigenvalue weighted by molar-refractivity contribution is 6.30. The first kappa shape index (κ1) is 16.3. The third kappa shape index (κ3) is 3.86. The maximum Gasteiger partial charge on any atom is 0.306 e. The van der Waals surface area contributed by atoms with Crippen molar-refractivity contribution in [3.8, 4) is 5.75 Å². The van der Waals surface area contributed by atoms with Crippen LogP contribution in [0.5, 0.6) is 5.75 Å². The molecule has 1 heterocycles. The highest BCUT2D eigenvalue weighted by Crippen LogP contribution is 2.42. The average molecular weight is 339 g/mol. The van der Waals surface area contributed by atoms with E-state index in [4.69, 9.17) is 21.1 Å². The Kier molecular flexibility index (Phi) is 4.90. The van der Waals surface area contributed by atoms with Gasteiger partial charge in [-0.3, -0.25) is 4.79 Å². The van der Waals surface area contributed by atoms with E-state index < -0.39 is 12.2 Å². The fraction of sp³-hybridized carbons (Fsp3) is 0.471. The summed E-state index contributed by atoms with van der Waals surface area (Å²) in [6, 6.07) is 6.94. The number of hydrogen-bond acceptors (Lipinski definition) is 5. The lowest BCUT2D eigenvalue weighted by molar-refractivity contribution is -0.141. The third-order valence-corrected chi connectivity index (χ3v) is 4.58. The molecule has 0 amide bonds. The third-order valence-electron chi connectivity index (χ3n) is 4.35. The Morgan fingerprint density at radius 1 is 1.48 bits per heavy atom. The molecule has 1 aromatic carbocycles. The molecule has 1 aromatic rings. The molecule has 0 bridgehead atoms. The van der Waals surface area contributed by atoms with Gasteiger partial charge in [-0.25, -0.2) is 0 Å². The monoisotopic (exact) mass is 338 g/mol. The lowest BCUT2D eigenvalue weighted by Gasteiger charge is -2.15. The Labute approximate surface area is 139 Å². The fourth-order valence-corrected chi connectivity index (χ4v) is 3.42. The van der Waals surface area contributed by atoms with E-state index in [1.165, 1.54) is 0 Å². The summed E-state index contributed by atoms with van der Waals surface area (Å²) >= 11 is 5.86. The molecular formula is C17H19ClO5. The largest absolute Gasteiger partial charge is 0.491 e. The molecule has 5 atom stereocenters. The number of carbonyl (C=O) groups excluding carboxylic acids is 1. The van der Waals surface area contributed by atoms with Crippen LogP contribution in [0, 0.1) is 11.8 Å². The van der Waals surface area contributed by atoms with Gasteiger partial charge >= 0.3 is 5.97 Å². The zero-order chi connectivity index (χ0) is 16.4. The summed E-state index contributed by atoms with van der Waals surface area (Å²) in [4.78, 5) is 11.3. The molecule has 0 radical (unpaired) electrons. The Morgan fingerprint density at radius 3 is 3.09 bits per heavy atom. The Morgan fingerprint density at radius 2 is 2.30 bits per heavy atom.